The summed E-state index contributed by atoms with van der Waals surface area (Å²) in [4.78, 5) is 10.9. The zero-order valence-electron chi connectivity index (χ0n) is 9.28. The number of allylic oxidation sites excluding steroid dienone is 1. The topological polar surface area (TPSA) is 50.4 Å². The largest absolute Gasteiger partial charge is 0.481 e. The van der Waals surface area contributed by atoms with E-state index in [4.69, 9.17) is 9.52 Å². The quantitative estimate of drug-likeness (QED) is 0.826. The van der Waals surface area contributed by atoms with E-state index >= 15 is 0 Å². The van der Waals surface area contributed by atoms with E-state index in [1.807, 2.05) is 19.1 Å². The molecule has 1 rings (SSSR count). The van der Waals surface area contributed by atoms with Crippen LogP contribution in [0.25, 0.3) is 6.08 Å². The van der Waals surface area contributed by atoms with Gasteiger partial charge in [-0.3, -0.25) is 4.79 Å². The molecule has 0 aliphatic heterocycles. The first-order valence-corrected chi connectivity index (χ1v) is 4.86. The number of carboxylic acids is 1. The Morgan fingerprint density at radius 3 is 2.73 bits per heavy atom. The summed E-state index contributed by atoms with van der Waals surface area (Å²) >= 11 is 0. The van der Waals surface area contributed by atoms with Crippen molar-refractivity contribution in [3.05, 3.63) is 29.7 Å². The lowest BCUT2D eigenvalue weighted by Gasteiger charge is -2.18. The lowest BCUT2D eigenvalue weighted by Crippen LogP contribution is -2.23. The van der Waals surface area contributed by atoms with Gasteiger partial charge in [-0.2, -0.15) is 0 Å². The Morgan fingerprint density at radius 1 is 1.60 bits per heavy atom. The van der Waals surface area contributed by atoms with E-state index < -0.39 is 11.4 Å². The Kier molecular flexibility index (Phi) is 3.35. The van der Waals surface area contributed by atoms with Gasteiger partial charge in [0.1, 0.15) is 5.76 Å². The Balaban J connectivity index is 2.71. The van der Waals surface area contributed by atoms with Gasteiger partial charge < -0.3 is 9.52 Å². The molecule has 0 saturated heterocycles. The van der Waals surface area contributed by atoms with Crippen LogP contribution in [0, 0.1) is 5.41 Å². The molecule has 1 aromatic heterocycles. The van der Waals surface area contributed by atoms with E-state index in [1.165, 1.54) is 0 Å². The number of hydrogen-bond donors (Lipinski definition) is 1. The van der Waals surface area contributed by atoms with E-state index in [0.717, 1.165) is 11.3 Å². The molecule has 0 fully saturated rings. The molecular formula is C12H16O3. The smallest absolute Gasteiger partial charge is 0.309 e. The average molecular weight is 208 g/mol. The summed E-state index contributed by atoms with van der Waals surface area (Å²) in [6, 6.07) is 3.65. The molecule has 0 unspecified atom stereocenters. The summed E-state index contributed by atoms with van der Waals surface area (Å²) in [5.74, 6) is -0.0246. The van der Waals surface area contributed by atoms with Crippen LogP contribution in [0.3, 0.4) is 0 Å². The van der Waals surface area contributed by atoms with Gasteiger partial charge in [0.2, 0.25) is 0 Å². The minimum absolute atomic E-state index is 0.517. The maximum Gasteiger partial charge on any atom is 0.309 e. The highest BCUT2D eigenvalue weighted by atomic mass is 16.4. The van der Waals surface area contributed by atoms with Crippen LogP contribution < -0.4 is 0 Å². The molecule has 1 aromatic rings. The highest BCUT2D eigenvalue weighted by molar-refractivity contribution is 5.74. The van der Waals surface area contributed by atoms with Crippen LogP contribution in [0.15, 0.2) is 28.4 Å². The van der Waals surface area contributed by atoms with Gasteiger partial charge in [0.05, 0.1) is 11.7 Å². The summed E-state index contributed by atoms with van der Waals surface area (Å²) < 4.78 is 5.16. The predicted molar refractivity (Wildman–Crippen MR) is 58.4 cm³/mol. The molecule has 0 radical (unpaired) electrons. The standard InChI is InChI=1S/C12H16O3/c1-9(7-10-5-4-6-15-10)8-12(2,3)11(13)14/h4-7H,8H2,1-3H3,(H,13,14)/b9-7+. The molecule has 0 amide bonds. The van der Waals surface area contributed by atoms with Crippen molar-refractivity contribution < 1.29 is 14.3 Å². The second kappa shape index (κ2) is 4.34. The van der Waals surface area contributed by atoms with Crippen molar-refractivity contribution in [2.24, 2.45) is 5.41 Å². The summed E-state index contributed by atoms with van der Waals surface area (Å²) in [6.45, 7) is 5.34. The molecular weight excluding hydrogens is 192 g/mol. The average Bonchev–Trinajstić information content (AvgIpc) is 2.54. The number of aliphatic carboxylic acids is 1. The van der Waals surface area contributed by atoms with Crippen molar-refractivity contribution in [2.45, 2.75) is 27.2 Å². The molecule has 0 saturated carbocycles. The lowest BCUT2D eigenvalue weighted by atomic mass is 9.86. The molecule has 1 heterocycles. The van der Waals surface area contributed by atoms with Crippen LogP contribution in [0.4, 0.5) is 0 Å². The zero-order chi connectivity index (χ0) is 11.5. The number of furan rings is 1. The van der Waals surface area contributed by atoms with Crippen molar-refractivity contribution in [1.29, 1.82) is 0 Å². The maximum absolute atomic E-state index is 10.9. The molecule has 0 aromatic carbocycles. The Hall–Kier alpha value is -1.51. The van der Waals surface area contributed by atoms with Gasteiger partial charge in [-0.15, -0.1) is 0 Å². The van der Waals surface area contributed by atoms with Gasteiger partial charge >= 0.3 is 5.97 Å². The third-order valence-electron chi connectivity index (χ3n) is 2.23. The minimum Gasteiger partial charge on any atom is -0.481 e. The van der Waals surface area contributed by atoms with Gasteiger partial charge in [-0.05, 0) is 45.4 Å². The normalized spacial score (nSPS) is 12.9. The van der Waals surface area contributed by atoms with Crippen molar-refractivity contribution in [3.8, 4) is 0 Å². The van der Waals surface area contributed by atoms with E-state index in [-0.39, 0.29) is 0 Å². The molecule has 0 spiro atoms. The molecule has 0 aliphatic carbocycles. The van der Waals surface area contributed by atoms with Gasteiger partial charge in [-0.25, -0.2) is 0 Å². The van der Waals surface area contributed by atoms with Crippen LogP contribution >= 0.6 is 0 Å². The van der Waals surface area contributed by atoms with Gasteiger partial charge in [0.25, 0.3) is 0 Å². The van der Waals surface area contributed by atoms with E-state index in [1.54, 1.807) is 26.2 Å². The monoisotopic (exact) mass is 208 g/mol. The SMILES string of the molecule is C/C(=C\c1ccco1)CC(C)(C)C(=O)O. The van der Waals surface area contributed by atoms with Gasteiger partial charge in [0.15, 0.2) is 0 Å². The molecule has 0 bridgehead atoms. The van der Waals surface area contributed by atoms with E-state index in [0.29, 0.717) is 6.42 Å². The van der Waals surface area contributed by atoms with Crippen LogP contribution in [-0.2, 0) is 4.79 Å². The highest BCUT2D eigenvalue weighted by Gasteiger charge is 2.27. The summed E-state index contributed by atoms with van der Waals surface area (Å²) in [5.41, 5.74) is 0.269. The zero-order valence-corrected chi connectivity index (χ0v) is 9.28. The predicted octanol–water partition coefficient (Wildman–Crippen LogP) is 3.18. The van der Waals surface area contributed by atoms with E-state index in [2.05, 4.69) is 0 Å². The Morgan fingerprint density at radius 2 is 2.27 bits per heavy atom. The highest BCUT2D eigenvalue weighted by Crippen LogP contribution is 2.26. The van der Waals surface area contributed by atoms with Crippen molar-refractivity contribution in [3.63, 3.8) is 0 Å². The summed E-state index contributed by atoms with van der Waals surface area (Å²) in [6.07, 6.45) is 3.98. The molecule has 1 N–H and O–H groups in total. The first kappa shape index (κ1) is 11.6. The number of carbonyl (C=O) groups is 1. The molecule has 82 valence electrons. The molecule has 0 atom stereocenters. The fourth-order valence-electron chi connectivity index (χ4n) is 1.44. The Bertz CT molecular complexity index is 358. The summed E-state index contributed by atoms with van der Waals surface area (Å²) in [5, 5.41) is 8.97. The second-order valence-corrected chi connectivity index (χ2v) is 4.37. The fourth-order valence-corrected chi connectivity index (χ4v) is 1.44. The number of carboxylic acid groups (broad SMARTS) is 1. The van der Waals surface area contributed by atoms with Crippen molar-refractivity contribution in [1.82, 2.24) is 0 Å². The van der Waals surface area contributed by atoms with Gasteiger partial charge in [0, 0.05) is 0 Å². The second-order valence-electron chi connectivity index (χ2n) is 4.37. The minimum atomic E-state index is -0.783. The molecule has 0 aliphatic rings. The third-order valence-corrected chi connectivity index (χ3v) is 2.23. The number of hydrogen-bond acceptors (Lipinski definition) is 2. The van der Waals surface area contributed by atoms with Crippen LogP contribution in [0.2, 0.25) is 0 Å². The van der Waals surface area contributed by atoms with Crippen LogP contribution in [0.1, 0.15) is 33.0 Å². The van der Waals surface area contributed by atoms with Gasteiger partial charge in [-0.1, -0.05) is 5.57 Å². The summed E-state index contributed by atoms with van der Waals surface area (Å²) in [7, 11) is 0. The molecule has 15 heavy (non-hydrogen) atoms. The van der Waals surface area contributed by atoms with Crippen LogP contribution in [0.5, 0.6) is 0 Å². The Labute approximate surface area is 89.4 Å². The molecule has 3 nitrogen and oxygen atoms in total. The third kappa shape index (κ3) is 3.27. The van der Waals surface area contributed by atoms with E-state index in [9.17, 15) is 4.79 Å². The molecule has 3 heteroatoms. The maximum atomic E-state index is 10.9. The lowest BCUT2D eigenvalue weighted by molar-refractivity contribution is -0.146. The van der Waals surface area contributed by atoms with Crippen molar-refractivity contribution in [2.75, 3.05) is 0 Å². The fraction of sp³-hybridized carbons (Fsp3) is 0.417. The van der Waals surface area contributed by atoms with Crippen molar-refractivity contribution >= 4 is 12.0 Å². The number of rotatable bonds is 4. The first-order chi connectivity index (χ1) is 6.92. The first-order valence-electron chi connectivity index (χ1n) is 4.86. The van der Waals surface area contributed by atoms with Crippen LogP contribution in [-0.4, -0.2) is 11.1 Å².